The summed E-state index contributed by atoms with van der Waals surface area (Å²) in [7, 11) is 1.34. The molecular weight excluding hydrogens is 286 g/mol. The monoisotopic (exact) mass is 305 g/mol. The molecule has 21 heavy (non-hydrogen) atoms. The molecule has 0 bridgehead atoms. The second-order valence-electron chi connectivity index (χ2n) is 4.56. The van der Waals surface area contributed by atoms with Crippen molar-refractivity contribution in [3.63, 3.8) is 0 Å². The van der Waals surface area contributed by atoms with Gasteiger partial charge in [-0.15, -0.1) is 0 Å². The Morgan fingerprint density at radius 1 is 1.24 bits per heavy atom. The van der Waals surface area contributed by atoms with Crippen LogP contribution in [0, 0.1) is 0 Å². The topological polar surface area (TPSA) is 61.5 Å². The number of carbonyl (C=O) groups is 1. The Morgan fingerprint density at radius 3 is 2.76 bits per heavy atom. The third-order valence-corrected chi connectivity index (χ3v) is 4.07. The lowest BCUT2D eigenvalue weighted by Gasteiger charge is -2.10. The van der Waals surface area contributed by atoms with Crippen molar-refractivity contribution in [2.24, 2.45) is 5.73 Å². The van der Waals surface area contributed by atoms with Gasteiger partial charge in [0.2, 0.25) is 0 Å². The molecule has 0 saturated heterocycles. The van der Waals surface area contributed by atoms with Crippen molar-refractivity contribution in [3.8, 4) is 5.75 Å². The molecule has 0 heterocycles. The summed E-state index contributed by atoms with van der Waals surface area (Å²) in [5, 5.41) is 2.36. The molecule has 2 aromatic carbocycles. The first kappa shape index (κ1) is 15.7. The molecule has 0 radical (unpaired) electrons. The number of nitrogens with two attached hydrogens (primary N) is 1. The van der Waals surface area contributed by atoms with Gasteiger partial charge in [0.15, 0.2) is 0 Å². The Labute approximate surface area is 128 Å². The maximum atomic E-state index is 11.1. The molecule has 0 fully saturated rings. The van der Waals surface area contributed by atoms with Crippen LogP contribution in [0.2, 0.25) is 0 Å². The first-order chi connectivity index (χ1) is 10.2. The Hall–Kier alpha value is -1.72. The number of thioether (sulfide) groups is 1. The third kappa shape index (κ3) is 4.65. The Bertz CT molecular complexity index is 603. The van der Waals surface area contributed by atoms with E-state index < -0.39 is 6.04 Å². The lowest BCUT2D eigenvalue weighted by Crippen LogP contribution is -2.34. The van der Waals surface area contributed by atoms with Gasteiger partial charge in [0.25, 0.3) is 0 Å². The SMILES string of the molecule is COC(=O)C(N)CSCCOc1ccc2ccccc2c1. The molecule has 0 aromatic heterocycles. The fourth-order valence-electron chi connectivity index (χ4n) is 1.91. The minimum absolute atomic E-state index is 0.377. The van der Waals surface area contributed by atoms with E-state index in [0.717, 1.165) is 16.9 Å². The van der Waals surface area contributed by atoms with E-state index in [4.69, 9.17) is 10.5 Å². The standard InChI is InChI=1S/C16H19NO3S/c1-19-16(18)15(17)11-21-9-8-20-14-7-6-12-4-2-3-5-13(12)10-14/h2-7,10,15H,8-9,11,17H2,1H3. The highest BCUT2D eigenvalue weighted by molar-refractivity contribution is 7.99. The van der Waals surface area contributed by atoms with E-state index in [-0.39, 0.29) is 5.97 Å². The van der Waals surface area contributed by atoms with E-state index in [1.807, 2.05) is 30.3 Å². The van der Waals surface area contributed by atoms with Crippen LogP contribution in [0.3, 0.4) is 0 Å². The van der Waals surface area contributed by atoms with E-state index in [1.54, 1.807) is 11.8 Å². The van der Waals surface area contributed by atoms with Crippen LogP contribution in [-0.2, 0) is 9.53 Å². The molecule has 4 nitrogen and oxygen atoms in total. The molecule has 0 saturated carbocycles. The van der Waals surface area contributed by atoms with E-state index in [0.29, 0.717) is 12.4 Å². The van der Waals surface area contributed by atoms with Crippen molar-refractivity contribution >= 4 is 28.5 Å². The highest BCUT2D eigenvalue weighted by Gasteiger charge is 2.12. The molecule has 0 aliphatic heterocycles. The average Bonchev–Trinajstić information content (AvgIpc) is 2.53. The van der Waals surface area contributed by atoms with Crippen LogP contribution in [-0.4, -0.2) is 37.2 Å². The van der Waals surface area contributed by atoms with Crippen LogP contribution in [0.25, 0.3) is 10.8 Å². The molecule has 112 valence electrons. The smallest absolute Gasteiger partial charge is 0.323 e. The summed E-state index contributed by atoms with van der Waals surface area (Å²) in [5.74, 6) is 1.79. The Kier molecular flexibility index (Phi) is 5.90. The summed E-state index contributed by atoms with van der Waals surface area (Å²) in [6.07, 6.45) is 0. The zero-order chi connectivity index (χ0) is 15.1. The average molecular weight is 305 g/mol. The van der Waals surface area contributed by atoms with Crippen molar-refractivity contribution in [1.82, 2.24) is 0 Å². The molecule has 2 rings (SSSR count). The summed E-state index contributed by atoms with van der Waals surface area (Å²) < 4.78 is 10.3. The first-order valence-electron chi connectivity index (χ1n) is 6.73. The van der Waals surface area contributed by atoms with Gasteiger partial charge in [-0.1, -0.05) is 30.3 Å². The van der Waals surface area contributed by atoms with Crippen LogP contribution >= 0.6 is 11.8 Å². The number of hydrogen-bond acceptors (Lipinski definition) is 5. The van der Waals surface area contributed by atoms with Gasteiger partial charge >= 0.3 is 5.97 Å². The maximum Gasteiger partial charge on any atom is 0.323 e. The number of esters is 1. The summed E-state index contributed by atoms with van der Waals surface area (Å²) in [5.41, 5.74) is 5.65. The lowest BCUT2D eigenvalue weighted by molar-refractivity contribution is -0.141. The first-order valence-corrected chi connectivity index (χ1v) is 7.89. The summed E-state index contributed by atoms with van der Waals surface area (Å²) in [6, 6.07) is 13.6. The number of methoxy groups -OCH3 is 1. The molecule has 1 atom stereocenters. The fraction of sp³-hybridized carbons (Fsp3) is 0.312. The number of hydrogen-bond donors (Lipinski definition) is 1. The number of fused-ring (bicyclic) bond motifs is 1. The molecular formula is C16H19NO3S. The van der Waals surface area contributed by atoms with Gasteiger partial charge < -0.3 is 15.2 Å². The van der Waals surface area contributed by atoms with Crippen LogP contribution in [0.4, 0.5) is 0 Å². The predicted molar refractivity (Wildman–Crippen MR) is 86.8 cm³/mol. The zero-order valence-electron chi connectivity index (χ0n) is 12.0. The number of rotatable bonds is 7. The number of benzene rings is 2. The summed E-state index contributed by atoms with van der Waals surface area (Å²) >= 11 is 1.58. The van der Waals surface area contributed by atoms with E-state index in [1.165, 1.54) is 12.5 Å². The van der Waals surface area contributed by atoms with E-state index >= 15 is 0 Å². The number of ether oxygens (including phenoxy) is 2. The van der Waals surface area contributed by atoms with E-state index in [2.05, 4.69) is 16.9 Å². The third-order valence-electron chi connectivity index (χ3n) is 3.02. The lowest BCUT2D eigenvalue weighted by atomic mass is 10.1. The maximum absolute atomic E-state index is 11.1. The molecule has 5 heteroatoms. The normalized spacial score (nSPS) is 12.1. The van der Waals surface area contributed by atoms with Gasteiger partial charge in [0.1, 0.15) is 11.8 Å². The van der Waals surface area contributed by atoms with Crippen LogP contribution in [0.1, 0.15) is 0 Å². The summed E-state index contributed by atoms with van der Waals surface area (Å²) in [4.78, 5) is 11.1. The largest absolute Gasteiger partial charge is 0.493 e. The summed E-state index contributed by atoms with van der Waals surface area (Å²) in [6.45, 7) is 0.580. The Morgan fingerprint density at radius 2 is 2.00 bits per heavy atom. The quantitative estimate of drug-likeness (QED) is 0.629. The van der Waals surface area contributed by atoms with Gasteiger partial charge in [-0.25, -0.2) is 0 Å². The van der Waals surface area contributed by atoms with Gasteiger partial charge in [0.05, 0.1) is 13.7 Å². The predicted octanol–water partition coefficient (Wildman–Crippen LogP) is 2.45. The molecule has 0 amide bonds. The van der Waals surface area contributed by atoms with Gasteiger partial charge in [-0.05, 0) is 22.9 Å². The van der Waals surface area contributed by atoms with E-state index in [9.17, 15) is 4.79 Å². The zero-order valence-corrected chi connectivity index (χ0v) is 12.8. The minimum atomic E-state index is -0.569. The van der Waals surface area contributed by atoms with Crippen molar-refractivity contribution < 1.29 is 14.3 Å². The molecule has 0 aliphatic rings. The molecule has 2 aromatic rings. The molecule has 2 N–H and O–H groups in total. The van der Waals surface area contributed by atoms with Crippen molar-refractivity contribution in [3.05, 3.63) is 42.5 Å². The van der Waals surface area contributed by atoms with Crippen molar-refractivity contribution in [2.75, 3.05) is 25.2 Å². The van der Waals surface area contributed by atoms with Gasteiger partial charge in [0, 0.05) is 11.5 Å². The van der Waals surface area contributed by atoms with Crippen LogP contribution in [0.15, 0.2) is 42.5 Å². The molecule has 0 spiro atoms. The van der Waals surface area contributed by atoms with Gasteiger partial charge in [-0.3, -0.25) is 4.79 Å². The molecule has 0 aliphatic carbocycles. The highest BCUT2D eigenvalue weighted by atomic mass is 32.2. The van der Waals surface area contributed by atoms with Crippen LogP contribution < -0.4 is 10.5 Å². The fourth-order valence-corrected chi connectivity index (χ4v) is 2.66. The second-order valence-corrected chi connectivity index (χ2v) is 5.71. The Balaban J connectivity index is 1.74. The second kappa shape index (κ2) is 7.90. The van der Waals surface area contributed by atoms with Gasteiger partial charge in [-0.2, -0.15) is 11.8 Å². The minimum Gasteiger partial charge on any atom is -0.493 e. The van der Waals surface area contributed by atoms with Crippen molar-refractivity contribution in [1.29, 1.82) is 0 Å². The highest BCUT2D eigenvalue weighted by Crippen LogP contribution is 2.20. The molecule has 1 unspecified atom stereocenters. The van der Waals surface area contributed by atoms with Crippen LogP contribution in [0.5, 0.6) is 5.75 Å². The van der Waals surface area contributed by atoms with Crippen molar-refractivity contribution in [2.45, 2.75) is 6.04 Å². The number of carbonyl (C=O) groups excluding carboxylic acids is 1.